The maximum absolute atomic E-state index is 12.3. The van der Waals surface area contributed by atoms with Gasteiger partial charge in [-0.15, -0.1) is 24.0 Å². The molecule has 1 aromatic rings. The van der Waals surface area contributed by atoms with E-state index in [1.807, 2.05) is 24.3 Å². The lowest BCUT2D eigenvalue weighted by Gasteiger charge is -2.27. The fraction of sp³-hybridized carbons (Fsp3) is 0.588. The van der Waals surface area contributed by atoms with Crippen LogP contribution in [0.1, 0.15) is 6.42 Å². The van der Waals surface area contributed by atoms with Crippen molar-refractivity contribution in [1.29, 1.82) is 0 Å². The van der Waals surface area contributed by atoms with Gasteiger partial charge in [0.15, 0.2) is 17.5 Å². The Balaban J connectivity index is 0.00000364. The van der Waals surface area contributed by atoms with Crippen LogP contribution in [-0.2, 0) is 0 Å². The predicted octanol–water partition coefficient (Wildman–Crippen LogP) is 2.49. The van der Waals surface area contributed by atoms with Crippen LogP contribution in [0.2, 0.25) is 0 Å². The van der Waals surface area contributed by atoms with E-state index in [1.54, 1.807) is 7.05 Å². The van der Waals surface area contributed by atoms with Gasteiger partial charge >= 0.3 is 6.18 Å². The molecule has 0 bridgehead atoms. The van der Waals surface area contributed by atoms with Crippen LogP contribution in [-0.4, -0.2) is 70.0 Å². The molecule has 0 amide bonds. The van der Waals surface area contributed by atoms with Crippen LogP contribution in [0.4, 0.5) is 13.2 Å². The lowest BCUT2D eigenvalue weighted by Crippen LogP contribution is -2.45. The molecule has 0 fully saturated rings. The average molecular weight is 502 g/mol. The number of guanidine groups is 1. The number of benzene rings is 1. The smallest absolute Gasteiger partial charge is 0.401 e. The zero-order valence-corrected chi connectivity index (χ0v) is 17.7. The van der Waals surface area contributed by atoms with Gasteiger partial charge in [-0.1, -0.05) is 12.1 Å². The molecule has 1 heterocycles. The van der Waals surface area contributed by atoms with Crippen molar-refractivity contribution in [3.63, 3.8) is 0 Å². The number of ether oxygens (including phenoxy) is 2. The lowest BCUT2D eigenvalue weighted by atomic mass is 10.2. The van der Waals surface area contributed by atoms with Crippen molar-refractivity contribution in [3.05, 3.63) is 24.3 Å². The Morgan fingerprint density at radius 1 is 1.26 bits per heavy atom. The lowest BCUT2D eigenvalue weighted by molar-refractivity contribution is -0.143. The number of nitrogens with zero attached hydrogens (tertiary/aromatic N) is 2. The molecule has 1 unspecified atom stereocenters. The van der Waals surface area contributed by atoms with Gasteiger partial charge in [0.1, 0.15) is 12.7 Å². The zero-order valence-electron chi connectivity index (χ0n) is 15.4. The maximum atomic E-state index is 12.3. The minimum absolute atomic E-state index is 0. The summed E-state index contributed by atoms with van der Waals surface area (Å²) < 4.78 is 48.3. The molecule has 6 nitrogen and oxygen atoms in total. The normalized spacial score (nSPS) is 16.7. The standard InChI is InChI=1S/C17H25F3N4O2.HI/c1-21-16(22-8-5-9-24(2)12-17(18,19)20)23-10-13-11-25-14-6-3-4-7-15(14)26-13;/h3-4,6-7,13H,5,8-12H2,1-2H3,(H2,21,22,23);1H. The fourth-order valence-electron chi connectivity index (χ4n) is 2.54. The molecule has 27 heavy (non-hydrogen) atoms. The number of rotatable bonds is 7. The average Bonchev–Trinajstić information content (AvgIpc) is 2.59. The van der Waals surface area contributed by atoms with Crippen molar-refractivity contribution in [2.45, 2.75) is 18.7 Å². The summed E-state index contributed by atoms with van der Waals surface area (Å²) in [5, 5.41) is 6.22. The van der Waals surface area contributed by atoms with Gasteiger partial charge in [-0.25, -0.2) is 0 Å². The Bertz CT molecular complexity index is 602. The Kier molecular flexibility index (Phi) is 9.99. The molecule has 0 aromatic heterocycles. The number of aliphatic imine (C=N–C) groups is 1. The minimum Gasteiger partial charge on any atom is -0.486 e. The van der Waals surface area contributed by atoms with Crippen LogP contribution >= 0.6 is 24.0 Å². The molecule has 0 spiro atoms. The van der Waals surface area contributed by atoms with E-state index in [4.69, 9.17) is 9.47 Å². The number of nitrogens with one attached hydrogen (secondary N) is 2. The van der Waals surface area contributed by atoms with Gasteiger partial charge in [0.05, 0.1) is 13.1 Å². The summed E-state index contributed by atoms with van der Waals surface area (Å²) >= 11 is 0. The first-order valence-corrected chi connectivity index (χ1v) is 8.45. The fourth-order valence-corrected chi connectivity index (χ4v) is 2.54. The van der Waals surface area contributed by atoms with Crippen LogP contribution in [0, 0.1) is 0 Å². The highest BCUT2D eigenvalue weighted by atomic mass is 127. The SMILES string of the molecule is CN=C(NCCCN(C)CC(F)(F)F)NCC1COc2ccccc2O1.I. The van der Waals surface area contributed by atoms with E-state index in [9.17, 15) is 13.2 Å². The molecule has 1 aliphatic rings. The molecule has 154 valence electrons. The molecule has 2 rings (SSSR count). The van der Waals surface area contributed by atoms with E-state index in [2.05, 4.69) is 15.6 Å². The number of halogens is 4. The summed E-state index contributed by atoms with van der Waals surface area (Å²) in [5.41, 5.74) is 0. The van der Waals surface area contributed by atoms with Gasteiger partial charge < -0.3 is 20.1 Å². The van der Waals surface area contributed by atoms with E-state index in [1.165, 1.54) is 11.9 Å². The highest BCUT2D eigenvalue weighted by Gasteiger charge is 2.28. The largest absolute Gasteiger partial charge is 0.486 e. The third kappa shape index (κ3) is 8.87. The van der Waals surface area contributed by atoms with E-state index in [0.29, 0.717) is 44.4 Å². The second-order valence-corrected chi connectivity index (χ2v) is 6.08. The molecule has 2 N–H and O–H groups in total. The summed E-state index contributed by atoms with van der Waals surface area (Å²) in [6.45, 7) is 0.901. The van der Waals surface area contributed by atoms with Crippen molar-refractivity contribution in [2.75, 3.05) is 46.9 Å². The molecule has 10 heteroatoms. The van der Waals surface area contributed by atoms with E-state index in [0.717, 1.165) is 5.75 Å². The third-order valence-corrected chi connectivity index (χ3v) is 3.75. The first-order valence-electron chi connectivity index (χ1n) is 8.45. The van der Waals surface area contributed by atoms with Gasteiger partial charge in [0.25, 0.3) is 0 Å². The summed E-state index contributed by atoms with van der Waals surface area (Å²) in [7, 11) is 3.09. The summed E-state index contributed by atoms with van der Waals surface area (Å²) in [6.07, 6.45) is -3.74. The molecule has 1 aromatic carbocycles. The van der Waals surface area contributed by atoms with Gasteiger partial charge in [-0.05, 0) is 32.1 Å². The van der Waals surface area contributed by atoms with Gasteiger partial charge in [-0.2, -0.15) is 13.2 Å². The molecule has 0 saturated carbocycles. The Labute approximate surface area is 174 Å². The van der Waals surface area contributed by atoms with Crippen molar-refractivity contribution in [1.82, 2.24) is 15.5 Å². The summed E-state index contributed by atoms with van der Waals surface area (Å²) in [5.74, 6) is 2.02. The highest BCUT2D eigenvalue weighted by Crippen LogP contribution is 2.30. The van der Waals surface area contributed by atoms with Crippen LogP contribution in [0.15, 0.2) is 29.3 Å². The number of hydrogen-bond acceptors (Lipinski definition) is 4. The summed E-state index contributed by atoms with van der Waals surface area (Å²) in [4.78, 5) is 5.35. The third-order valence-electron chi connectivity index (χ3n) is 3.75. The number of fused-ring (bicyclic) bond motifs is 1. The zero-order chi connectivity index (χ0) is 19.0. The number of alkyl halides is 3. The molecule has 0 aliphatic carbocycles. The van der Waals surface area contributed by atoms with Gasteiger partial charge in [0.2, 0.25) is 0 Å². The van der Waals surface area contributed by atoms with Gasteiger partial charge in [0, 0.05) is 13.6 Å². The molecule has 1 atom stereocenters. The van der Waals surface area contributed by atoms with Crippen molar-refractivity contribution < 1.29 is 22.6 Å². The molecule has 0 radical (unpaired) electrons. The van der Waals surface area contributed by atoms with E-state index >= 15 is 0 Å². The Morgan fingerprint density at radius 3 is 2.63 bits per heavy atom. The monoisotopic (exact) mass is 502 g/mol. The first kappa shape index (κ1) is 23.6. The quantitative estimate of drug-likeness (QED) is 0.260. The van der Waals surface area contributed by atoms with Crippen LogP contribution in [0.5, 0.6) is 11.5 Å². The predicted molar refractivity (Wildman–Crippen MR) is 109 cm³/mol. The first-order chi connectivity index (χ1) is 12.4. The molecular formula is C17H26F3IN4O2. The highest BCUT2D eigenvalue weighted by molar-refractivity contribution is 14.0. The Morgan fingerprint density at radius 2 is 1.96 bits per heavy atom. The topological polar surface area (TPSA) is 58.1 Å². The van der Waals surface area contributed by atoms with Crippen LogP contribution in [0.25, 0.3) is 0 Å². The van der Waals surface area contributed by atoms with E-state index in [-0.39, 0.29) is 30.1 Å². The van der Waals surface area contributed by atoms with Gasteiger partial charge in [-0.3, -0.25) is 9.89 Å². The van der Waals surface area contributed by atoms with Crippen LogP contribution < -0.4 is 20.1 Å². The van der Waals surface area contributed by atoms with Crippen molar-refractivity contribution in [2.24, 2.45) is 4.99 Å². The van der Waals surface area contributed by atoms with Crippen LogP contribution in [0.3, 0.4) is 0 Å². The summed E-state index contributed by atoms with van der Waals surface area (Å²) in [6, 6.07) is 7.48. The Hall–Kier alpha value is -1.43. The second-order valence-electron chi connectivity index (χ2n) is 6.08. The molecular weight excluding hydrogens is 476 g/mol. The maximum Gasteiger partial charge on any atom is 0.401 e. The second kappa shape index (κ2) is 11.4. The number of para-hydroxylation sites is 2. The number of hydrogen-bond donors (Lipinski definition) is 2. The van der Waals surface area contributed by atoms with E-state index < -0.39 is 12.7 Å². The van der Waals surface area contributed by atoms with Crippen molar-refractivity contribution >= 4 is 29.9 Å². The molecule has 1 aliphatic heterocycles. The van der Waals surface area contributed by atoms with Crippen molar-refractivity contribution in [3.8, 4) is 11.5 Å². The molecule has 0 saturated heterocycles. The minimum atomic E-state index is -4.17.